The molecule has 0 saturated carbocycles. The average Bonchev–Trinajstić information content (AvgIpc) is 2.94. The topological polar surface area (TPSA) is 27.1 Å². The highest BCUT2D eigenvalue weighted by atomic mass is 79.9. The number of rotatable bonds is 6. The van der Waals surface area contributed by atoms with Gasteiger partial charge in [0.15, 0.2) is 5.69 Å². The summed E-state index contributed by atoms with van der Waals surface area (Å²) in [6, 6.07) is 4.00. The predicted molar refractivity (Wildman–Crippen MR) is 99.5 cm³/mol. The van der Waals surface area contributed by atoms with Gasteiger partial charge in [-0.25, -0.2) is 4.98 Å². The molecule has 0 atom stereocenters. The molecule has 0 radical (unpaired) electrons. The molecule has 28 heavy (non-hydrogen) atoms. The molecule has 3 nitrogen and oxygen atoms in total. The highest BCUT2D eigenvalue weighted by Crippen LogP contribution is 2.39. The Labute approximate surface area is 167 Å². The largest absolute Gasteiger partial charge is 0.434 e. The second kappa shape index (κ2) is 8.19. The van der Waals surface area contributed by atoms with Crippen molar-refractivity contribution in [1.82, 2.24) is 9.55 Å². The summed E-state index contributed by atoms with van der Waals surface area (Å²) in [6.07, 6.45) is -8.87. The van der Waals surface area contributed by atoms with E-state index in [9.17, 15) is 26.3 Å². The van der Waals surface area contributed by atoms with Crippen molar-refractivity contribution in [2.24, 2.45) is 0 Å². The lowest BCUT2D eigenvalue weighted by Gasteiger charge is -2.17. The van der Waals surface area contributed by atoms with Gasteiger partial charge in [-0.1, -0.05) is 35.6 Å². The standard InChI is InChI=1S/C17H19BrF6N2OSi/c1-28(2,3)7-6-27-10-26-9-14(17(22,23)24)25-15(26)12-5-4-11(18)8-13(12)16(19,20)21/h4-5,8-9H,6-7,10H2,1-3H3. The van der Waals surface area contributed by atoms with Gasteiger partial charge in [-0.3, -0.25) is 0 Å². The van der Waals surface area contributed by atoms with Crippen molar-refractivity contribution in [2.75, 3.05) is 6.61 Å². The van der Waals surface area contributed by atoms with Crippen LogP contribution in [0, 0.1) is 0 Å². The molecule has 2 aromatic rings. The van der Waals surface area contributed by atoms with E-state index < -0.39 is 43.1 Å². The van der Waals surface area contributed by atoms with Gasteiger partial charge in [0.25, 0.3) is 0 Å². The molecular formula is C17H19BrF6N2OSi. The van der Waals surface area contributed by atoms with Gasteiger partial charge in [0.05, 0.1) is 5.56 Å². The average molecular weight is 489 g/mol. The number of nitrogens with zero attached hydrogens (tertiary/aromatic N) is 2. The summed E-state index contributed by atoms with van der Waals surface area (Å²) < 4.78 is 86.1. The molecule has 1 heterocycles. The van der Waals surface area contributed by atoms with Crippen LogP contribution < -0.4 is 0 Å². The number of aromatic nitrogens is 2. The normalized spacial score (nSPS) is 13.2. The minimum absolute atomic E-state index is 0.157. The Kier molecular flexibility index (Phi) is 6.71. The molecule has 2 rings (SSSR count). The number of hydrogen-bond acceptors (Lipinski definition) is 2. The number of alkyl halides is 6. The zero-order valence-electron chi connectivity index (χ0n) is 15.4. The van der Waals surface area contributed by atoms with Crippen molar-refractivity contribution in [3.63, 3.8) is 0 Å². The second-order valence-corrected chi connectivity index (χ2v) is 14.0. The van der Waals surface area contributed by atoms with E-state index in [0.717, 1.165) is 22.7 Å². The van der Waals surface area contributed by atoms with Gasteiger partial charge in [-0.15, -0.1) is 0 Å². The van der Waals surface area contributed by atoms with Crippen molar-refractivity contribution in [3.05, 3.63) is 40.1 Å². The highest BCUT2D eigenvalue weighted by molar-refractivity contribution is 9.10. The first kappa shape index (κ1) is 23.0. The van der Waals surface area contributed by atoms with E-state index in [1.54, 1.807) is 0 Å². The van der Waals surface area contributed by atoms with Crippen LogP contribution in [0.3, 0.4) is 0 Å². The van der Waals surface area contributed by atoms with Gasteiger partial charge in [0.1, 0.15) is 12.6 Å². The third kappa shape index (κ3) is 6.08. The maximum atomic E-state index is 13.4. The summed E-state index contributed by atoms with van der Waals surface area (Å²) in [7, 11) is -1.42. The van der Waals surface area contributed by atoms with Crippen LogP contribution in [0.5, 0.6) is 0 Å². The molecule has 0 unspecified atom stereocenters. The third-order valence-electron chi connectivity index (χ3n) is 3.82. The predicted octanol–water partition coefficient (Wildman–Crippen LogP) is 6.66. The molecule has 0 saturated heterocycles. The van der Waals surface area contributed by atoms with Crippen LogP contribution in [0.15, 0.2) is 28.9 Å². The van der Waals surface area contributed by atoms with E-state index in [1.807, 2.05) is 0 Å². The van der Waals surface area contributed by atoms with Crippen LogP contribution in [-0.4, -0.2) is 24.2 Å². The molecule has 0 aliphatic rings. The number of halogens is 7. The van der Waals surface area contributed by atoms with Crippen LogP contribution in [0.4, 0.5) is 26.3 Å². The molecule has 0 aliphatic carbocycles. The first-order chi connectivity index (χ1) is 12.7. The van der Waals surface area contributed by atoms with Gasteiger partial charge in [-0.05, 0) is 24.2 Å². The number of hydrogen-bond donors (Lipinski definition) is 0. The lowest BCUT2D eigenvalue weighted by molar-refractivity contribution is -0.141. The van der Waals surface area contributed by atoms with E-state index in [0.29, 0.717) is 12.8 Å². The van der Waals surface area contributed by atoms with Gasteiger partial charge in [0, 0.05) is 30.9 Å². The maximum absolute atomic E-state index is 13.4. The Hall–Kier alpha value is -1.33. The molecule has 0 aliphatic heterocycles. The molecule has 0 spiro atoms. The van der Waals surface area contributed by atoms with E-state index in [2.05, 4.69) is 40.6 Å². The molecule has 1 aromatic carbocycles. The van der Waals surface area contributed by atoms with Crippen LogP contribution in [0.25, 0.3) is 11.4 Å². The van der Waals surface area contributed by atoms with Crippen LogP contribution in [0.1, 0.15) is 11.3 Å². The number of ether oxygens (including phenoxy) is 1. The fourth-order valence-electron chi connectivity index (χ4n) is 2.35. The SMILES string of the molecule is C[Si](C)(C)CCOCn1cc(C(F)(F)F)nc1-c1ccc(Br)cc1C(F)(F)F. The summed E-state index contributed by atoms with van der Waals surface area (Å²) in [5, 5.41) is 0. The molecule has 156 valence electrons. The summed E-state index contributed by atoms with van der Waals surface area (Å²) in [5.74, 6) is -0.444. The van der Waals surface area contributed by atoms with Gasteiger partial charge in [-0.2, -0.15) is 26.3 Å². The van der Waals surface area contributed by atoms with Gasteiger partial charge in [0.2, 0.25) is 0 Å². The summed E-state index contributed by atoms with van der Waals surface area (Å²) in [5.41, 5.74) is -2.79. The highest BCUT2D eigenvalue weighted by Gasteiger charge is 2.38. The van der Waals surface area contributed by atoms with Crippen LogP contribution >= 0.6 is 15.9 Å². The zero-order valence-corrected chi connectivity index (χ0v) is 18.0. The molecular weight excluding hydrogens is 470 g/mol. The second-order valence-electron chi connectivity index (χ2n) is 7.45. The van der Waals surface area contributed by atoms with Crippen molar-refractivity contribution >= 4 is 24.0 Å². The van der Waals surface area contributed by atoms with Gasteiger partial charge < -0.3 is 9.30 Å². The number of imidazole rings is 1. The molecule has 11 heteroatoms. The first-order valence-corrected chi connectivity index (χ1v) is 12.8. The fraction of sp³-hybridized carbons (Fsp3) is 0.471. The van der Waals surface area contributed by atoms with Crippen molar-refractivity contribution < 1.29 is 31.1 Å². The minimum atomic E-state index is -4.79. The Morgan fingerprint density at radius 1 is 1.07 bits per heavy atom. The van der Waals surface area contributed by atoms with Crippen molar-refractivity contribution in [3.8, 4) is 11.4 Å². The lowest BCUT2D eigenvalue weighted by atomic mass is 10.1. The van der Waals surface area contributed by atoms with Gasteiger partial charge >= 0.3 is 12.4 Å². The zero-order chi connectivity index (χ0) is 21.3. The molecule has 0 amide bonds. The molecule has 0 fully saturated rings. The van der Waals surface area contributed by atoms with Crippen LogP contribution in [0.2, 0.25) is 25.7 Å². The van der Waals surface area contributed by atoms with E-state index in [-0.39, 0.29) is 11.2 Å². The Balaban J connectivity index is 2.45. The molecule has 0 bridgehead atoms. The Morgan fingerprint density at radius 3 is 2.25 bits per heavy atom. The molecule has 1 aromatic heterocycles. The minimum Gasteiger partial charge on any atom is -0.361 e. The monoisotopic (exact) mass is 488 g/mol. The maximum Gasteiger partial charge on any atom is 0.434 e. The van der Waals surface area contributed by atoms with Crippen molar-refractivity contribution in [1.29, 1.82) is 0 Å². The Morgan fingerprint density at radius 2 is 1.71 bits per heavy atom. The summed E-state index contributed by atoms with van der Waals surface area (Å²) in [4.78, 5) is 3.43. The summed E-state index contributed by atoms with van der Waals surface area (Å²) >= 11 is 2.96. The number of benzene rings is 1. The van der Waals surface area contributed by atoms with Crippen LogP contribution in [-0.2, 0) is 23.8 Å². The van der Waals surface area contributed by atoms with E-state index >= 15 is 0 Å². The third-order valence-corrected chi connectivity index (χ3v) is 6.02. The lowest BCUT2D eigenvalue weighted by Crippen LogP contribution is -2.22. The molecule has 0 N–H and O–H groups in total. The fourth-order valence-corrected chi connectivity index (χ4v) is 3.47. The van der Waals surface area contributed by atoms with E-state index in [4.69, 9.17) is 4.74 Å². The smallest absolute Gasteiger partial charge is 0.361 e. The quantitative estimate of drug-likeness (QED) is 0.258. The summed E-state index contributed by atoms with van der Waals surface area (Å²) in [6.45, 7) is 6.31. The van der Waals surface area contributed by atoms with Crippen molar-refractivity contribution in [2.45, 2.75) is 44.8 Å². The van der Waals surface area contributed by atoms with E-state index in [1.165, 1.54) is 6.07 Å². The Bertz CT molecular complexity index is 827. The first-order valence-electron chi connectivity index (χ1n) is 8.28.